The zero-order chi connectivity index (χ0) is 13.7. The van der Waals surface area contributed by atoms with Gasteiger partial charge in [0.25, 0.3) is 0 Å². The summed E-state index contributed by atoms with van der Waals surface area (Å²) in [6.07, 6.45) is 0.953. The predicted octanol–water partition coefficient (Wildman–Crippen LogP) is 4.84. The summed E-state index contributed by atoms with van der Waals surface area (Å²) in [6, 6.07) is 17.1. The van der Waals surface area contributed by atoms with Gasteiger partial charge in [0.05, 0.1) is 0 Å². The van der Waals surface area contributed by atoms with Crippen LogP contribution in [0.1, 0.15) is 24.1 Å². The molecule has 0 heterocycles. The van der Waals surface area contributed by atoms with Crippen molar-refractivity contribution in [2.75, 3.05) is 6.54 Å². The van der Waals surface area contributed by atoms with E-state index < -0.39 is 0 Å². The topological polar surface area (TPSA) is 12.0 Å². The Morgan fingerprint density at radius 1 is 1.16 bits per heavy atom. The van der Waals surface area contributed by atoms with Crippen molar-refractivity contribution in [3.63, 3.8) is 0 Å². The first-order valence-electron chi connectivity index (χ1n) is 6.42. The Morgan fingerprint density at radius 3 is 2.53 bits per heavy atom. The van der Waals surface area contributed by atoms with Crippen LogP contribution in [0.4, 0.5) is 0 Å². The summed E-state index contributed by atoms with van der Waals surface area (Å²) in [5.74, 6) is 0. The summed E-state index contributed by atoms with van der Waals surface area (Å²) in [6.45, 7) is 3.09. The van der Waals surface area contributed by atoms with E-state index in [0.717, 1.165) is 18.0 Å². The number of likely N-dealkylation sites (N-methyl/N-ethyl adjacent to an activating group) is 1. The molecule has 0 bridgehead atoms. The van der Waals surface area contributed by atoms with Crippen LogP contribution < -0.4 is 5.32 Å². The Morgan fingerprint density at radius 2 is 1.89 bits per heavy atom. The molecule has 0 fully saturated rings. The molecule has 0 aliphatic carbocycles. The van der Waals surface area contributed by atoms with Gasteiger partial charge in [0.2, 0.25) is 0 Å². The maximum absolute atomic E-state index is 6.05. The molecule has 2 aromatic carbocycles. The van der Waals surface area contributed by atoms with E-state index in [1.54, 1.807) is 0 Å². The van der Waals surface area contributed by atoms with Crippen molar-refractivity contribution in [2.45, 2.75) is 19.4 Å². The fourth-order valence-electron chi connectivity index (χ4n) is 2.15. The largest absolute Gasteiger partial charge is 0.310 e. The molecule has 0 aromatic heterocycles. The molecule has 1 N–H and O–H groups in total. The molecule has 1 nitrogen and oxygen atoms in total. The highest BCUT2D eigenvalue weighted by Crippen LogP contribution is 2.21. The van der Waals surface area contributed by atoms with Crippen molar-refractivity contribution in [3.05, 3.63) is 68.3 Å². The van der Waals surface area contributed by atoms with Gasteiger partial charge < -0.3 is 5.32 Å². The van der Waals surface area contributed by atoms with Gasteiger partial charge in [-0.05, 0) is 70.9 Å². The lowest BCUT2D eigenvalue weighted by Gasteiger charge is -2.18. The third-order valence-corrected chi connectivity index (χ3v) is 4.01. The van der Waals surface area contributed by atoms with Crippen LogP contribution in [-0.2, 0) is 6.42 Å². The molecule has 2 rings (SSSR count). The lowest BCUT2D eigenvalue weighted by molar-refractivity contribution is 0.550. The van der Waals surface area contributed by atoms with E-state index in [1.165, 1.54) is 14.7 Å². The molecule has 0 saturated carbocycles. The molecule has 3 heteroatoms. The second kappa shape index (κ2) is 7.27. The quantitative estimate of drug-likeness (QED) is 0.726. The van der Waals surface area contributed by atoms with E-state index in [1.807, 2.05) is 18.2 Å². The van der Waals surface area contributed by atoms with E-state index in [-0.39, 0.29) is 0 Å². The molecular formula is C16H17ClIN. The molecule has 19 heavy (non-hydrogen) atoms. The first kappa shape index (κ1) is 14.8. The van der Waals surface area contributed by atoms with Crippen molar-refractivity contribution in [3.8, 4) is 0 Å². The van der Waals surface area contributed by atoms with E-state index in [2.05, 4.69) is 65.2 Å². The minimum Gasteiger partial charge on any atom is -0.310 e. The molecule has 100 valence electrons. The van der Waals surface area contributed by atoms with Gasteiger partial charge >= 0.3 is 0 Å². The van der Waals surface area contributed by atoms with Crippen LogP contribution in [0, 0.1) is 3.57 Å². The van der Waals surface area contributed by atoms with Crippen molar-refractivity contribution >= 4 is 34.2 Å². The Balaban J connectivity index is 2.18. The summed E-state index contributed by atoms with van der Waals surface area (Å²) in [4.78, 5) is 0. The average molecular weight is 386 g/mol. The smallest absolute Gasteiger partial charge is 0.0408 e. The van der Waals surface area contributed by atoms with Crippen molar-refractivity contribution < 1.29 is 0 Å². The van der Waals surface area contributed by atoms with Crippen molar-refractivity contribution in [1.29, 1.82) is 0 Å². The van der Waals surface area contributed by atoms with E-state index in [0.29, 0.717) is 6.04 Å². The first-order chi connectivity index (χ1) is 9.19. The highest BCUT2D eigenvalue weighted by atomic mass is 127. The van der Waals surface area contributed by atoms with E-state index >= 15 is 0 Å². The van der Waals surface area contributed by atoms with Gasteiger partial charge in [-0.2, -0.15) is 0 Å². The predicted molar refractivity (Wildman–Crippen MR) is 90.7 cm³/mol. The second-order valence-electron chi connectivity index (χ2n) is 4.50. The van der Waals surface area contributed by atoms with Crippen LogP contribution in [0.3, 0.4) is 0 Å². The zero-order valence-corrected chi connectivity index (χ0v) is 13.8. The summed E-state index contributed by atoms with van der Waals surface area (Å²) in [5.41, 5.74) is 2.58. The van der Waals surface area contributed by atoms with Gasteiger partial charge in [0.1, 0.15) is 0 Å². The highest BCUT2D eigenvalue weighted by Gasteiger charge is 2.11. The van der Waals surface area contributed by atoms with Crippen molar-refractivity contribution in [1.82, 2.24) is 5.32 Å². The molecule has 0 radical (unpaired) electrons. The van der Waals surface area contributed by atoms with E-state index in [9.17, 15) is 0 Å². The van der Waals surface area contributed by atoms with Crippen molar-refractivity contribution in [2.24, 2.45) is 0 Å². The molecular weight excluding hydrogens is 369 g/mol. The van der Waals surface area contributed by atoms with Gasteiger partial charge in [-0.3, -0.25) is 0 Å². The Hall–Kier alpha value is -0.580. The summed E-state index contributed by atoms with van der Waals surface area (Å²) in [7, 11) is 0. The third-order valence-electron chi connectivity index (χ3n) is 3.05. The molecule has 1 unspecified atom stereocenters. The second-order valence-corrected chi connectivity index (χ2v) is 6.18. The Kier molecular flexibility index (Phi) is 5.67. The Labute approximate surface area is 133 Å². The lowest BCUT2D eigenvalue weighted by atomic mass is 9.99. The average Bonchev–Trinajstić information content (AvgIpc) is 2.39. The number of hydrogen-bond acceptors (Lipinski definition) is 1. The van der Waals surface area contributed by atoms with Crippen LogP contribution in [0.15, 0.2) is 48.5 Å². The maximum Gasteiger partial charge on any atom is 0.0408 e. The number of halogens is 2. The van der Waals surface area contributed by atoms with Crippen LogP contribution in [-0.4, -0.2) is 6.54 Å². The summed E-state index contributed by atoms with van der Waals surface area (Å²) >= 11 is 8.38. The molecule has 0 aliphatic heterocycles. The Bertz CT molecular complexity index is 525. The molecule has 0 saturated heterocycles. The lowest BCUT2D eigenvalue weighted by Crippen LogP contribution is -2.22. The van der Waals surface area contributed by atoms with Gasteiger partial charge in [-0.15, -0.1) is 0 Å². The van der Waals surface area contributed by atoms with Gasteiger partial charge in [-0.25, -0.2) is 0 Å². The number of nitrogens with one attached hydrogen (secondary N) is 1. The van der Waals surface area contributed by atoms with Crippen LogP contribution in [0.2, 0.25) is 5.02 Å². The summed E-state index contributed by atoms with van der Waals surface area (Å²) in [5, 5.41) is 4.34. The monoisotopic (exact) mass is 385 g/mol. The summed E-state index contributed by atoms with van der Waals surface area (Å²) < 4.78 is 1.26. The molecule has 0 spiro atoms. The maximum atomic E-state index is 6.05. The highest BCUT2D eigenvalue weighted by molar-refractivity contribution is 14.1. The van der Waals surface area contributed by atoms with Crippen LogP contribution >= 0.6 is 34.2 Å². The van der Waals surface area contributed by atoms with E-state index in [4.69, 9.17) is 11.6 Å². The first-order valence-corrected chi connectivity index (χ1v) is 7.88. The standard InChI is InChI=1S/C16H17ClIN/c1-2-19-16(13-6-8-15(18)9-7-13)11-12-4-3-5-14(17)10-12/h3-10,16,19H,2,11H2,1H3. The van der Waals surface area contributed by atoms with Gasteiger partial charge in [0, 0.05) is 14.6 Å². The van der Waals surface area contributed by atoms with Gasteiger partial charge in [-0.1, -0.05) is 42.8 Å². The normalized spacial score (nSPS) is 12.4. The molecule has 2 aromatic rings. The number of hydrogen-bond donors (Lipinski definition) is 1. The molecule has 0 amide bonds. The van der Waals surface area contributed by atoms with Crippen LogP contribution in [0.25, 0.3) is 0 Å². The minimum atomic E-state index is 0.334. The minimum absolute atomic E-state index is 0.334. The van der Waals surface area contributed by atoms with Gasteiger partial charge in [0.15, 0.2) is 0 Å². The molecule has 1 atom stereocenters. The third kappa shape index (κ3) is 4.48. The number of benzene rings is 2. The number of rotatable bonds is 5. The fraction of sp³-hybridized carbons (Fsp3) is 0.250. The zero-order valence-electron chi connectivity index (χ0n) is 10.9. The van der Waals surface area contributed by atoms with Crippen LogP contribution in [0.5, 0.6) is 0 Å². The molecule has 0 aliphatic rings. The fourth-order valence-corrected chi connectivity index (χ4v) is 2.72. The SMILES string of the molecule is CCNC(Cc1cccc(Cl)c1)c1ccc(I)cc1.